The van der Waals surface area contributed by atoms with Gasteiger partial charge in [0.2, 0.25) is 0 Å². The van der Waals surface area contributed by atoms with Crippen molar-refractivity contribution >= 4 is 23.4 Å². The van der Waals surface area contributed by atoms with Gasteiger partial charge >= 0.3 is 0 Å². The lowest BCUT2D eigenvalue weighted by Gasteiger charge is -2.40. The van der Waals surface area contributed by atoms with Crippen molar-refractivity contribution in [3.05, 3.63) is 34.9 Å². The molecule has 3 atom stereocenters. The van der Waals surface area contributed by atoms with Gasteiger partial charge in [-0.3, -0.25) is 11.3 Å². The fraction of sp³-hybridized carbons (Fsp3) is 0.625. The van der Waals surface area contributed by atoms with E-state index in [1.165, 1.54) is 17.7 Å². The van der Waals surface area contributed by atoms with Crippen LogP contribution in [0.25, 0.3) is 0 Å². The summed E-state index contributed by atoms with van der Waals surface area (Å²) in [6.45, 7) is 0.860. The zero-order chi connectivity index (χ0) is 14.7. The summed E-state index contributed by atoms with van der Waals surface area (Å²) in [4.78, 5) is 0. The molecule has 0 saturated carbocycles. The smallest absolute Gasteiger partial charge is 0.0783 e. The SMILES string of the molecule is NNC(Cc1cccc(Cl)c1)C1CCOC2(CCSC2)C1. The van der Waals surface area contributed by atoms with E-state index in [9.17, 15) is 0 Å². The molecule has 21 heavy (non-hydrogen) atoms. The number of rotatable bonds is 4. The monoisotopic (exact) mass is 326 g/mol. The Hall–Kier alpha value is -0.260. The van der Waals surface area contributed by atoms with Gasteiger partial charge in [0.1, 0.15) is 0 Å². The number of hydrazine groups is 1. The molecule has 0 radical (unpaired) electrons. The minimum Gasteiger partial charge on any atom is -0.374 e. The molecule has 0 bridgehead atoms. The molecule has 5 heteroatoms. The van der Waals surface area contributed by atoms with Gasteiger partial charge < -0.3 is 4.74 Å². The van der Waals surface area contributed by atoms with Crippen LogP contribution in [0.2, 0.25) is 5.02 Å². The average molecular weight is 327 g/mol. The standard InChI is InChI=1S/C16H23ClN2OS/c17-14-3-1-2-12(8-14)9-15(19-18)13-4-6-20-16(10-13)5-7-21-11-16/h1-3,8,13,15,19H,4-7,9-11,18H2. The first kappa shape index (κ1) is 15.6. The van der Waals surface area contributed by atoms with E-state index in [2.05, 4.69) is 11.5 Å². The van der Waals surface area contributed by atoms with Gasteiger partial charge in [-0.15, -0.1) is 0 Å². The van der Waals surface area contributed by atoms with Gasteiger partial charge in [0.05, 0.1) is 5.60 Å². The van der Waals surface area contributed by atoms with E-state index in [0.29, 0.717) is 5.92 Å². The number of hydrogen-bond acceptors (Lipinski definition) is 4. The maximum absolute atomic E-state index is 6.11. The van der Waals surface area contributed by atoms with Crippen molar-refractivity contribution in [2.45, 2.75) is 37.3 Å². The van der Waals surface area contributed by atoms with Crippen LogP contribution in [0.4, 0.5) is 0 Å². The third-order valence-corrected chi connectivity index (χ3v) is 6.18. The molecule has 3 unspecified atom stereocenters. The van der Waals surface area contributed by atoms with Crippen LogP contribution in [0.1, 0.15) is 24.8 Å². The lowest BCUT2D eigenvalue weighted by Crippen LogP contribution is -2.49. The predicted octanol–water partition coefficient (Wildman–Crippen LogP) is 3.02. The van der Waals surface area contributed by atoms with E-state index in [1.807, 2.05) is 30.0 Å². The highest BCUT2D eigenvalue weighted by molar-refractivity contribution is 7.99. The summed E-state index contributed by atoms with van der Waals surface area (Å²) >= 11 is 8.09. The van der Waals surface area contributed by atoms with Gasteiger partial charge in [-0.25, -0.2) is 0 Å². The topological polar surface area (TPSA) is 47.3 Å². The molecule has 3 nitrogen and oxygen atoms in total. The van der Waals surface area contributed by atoms with Crippen LogP contribution in [-0.2, 0) is 11.2 Å². The minimum absolute atomic E-state index is 0.108. The predicted molar refractivity (Wildman–Crippen MR) is 89.6 cm³/mol. The largest absolute Gasteiger partial charge is 0.374 e. The molecule has 0 aromatic heterocycles. The Morgan fingerprint density at radius 2 is 2.43 bits per heavy atom. The lowest BCUT2D eigenvalue weighted by molar-refractivity contribution is -0.0850. The Balaban J connectivity index is 1.67. The first-order valence-corrected chi connectivity index (χ1v) is 9.16. The zero-order valence-electron chi connectivity index (χ0n) is 12.2. The second-order valence-electron chi connectivity index (χ2n) is 6.19. The summed E-state index contributed by atoms with van der Waals surface area (Å²) in [7, 11) is 0. The Morgan fingerprint density at radius 3 is 3.14 bits per heavy atom. The molecule has 0 aliphatic carbocycles. The molecule has 2 fully saturated rings. The Kier molecular flexibility index (Phi) is 5.12. The molecule has 2 saturated heterocycles. The number of thioether (sulfide) groups is 1. The van der Waals surface area contributed by atoms with Crippen LogP contribution in [0.5, 0.6) is 0 Å². The first-order chi connectivity index (χ1) is 10.2. The van der Waals surface area contributed by atoms with Crippen molar-refractivity contribution in [2.24, 2.45) is 11.8 Å². The van der Waals surface area contributed by atoms with Gasteiger partial charge in [-0.1, -0.05) is 23.7 Å². The second kappa shape index (κ2) is 6.88. The third-order valence-electron chi connectivity index (χ3n) is 4.73. The minimum atomic E-state index is 0.108. The molecule has 2 aliphatic rings. The summed E-state index contributed by atoms with van der Waals surface area (Å²) in [6, 6.07) is 8.36. The van der Waals surface area contributed by atoms with Gasteiger partial charge in [0.25, 0.3) is 0 Å². The fourth-order valence-corrected chi connectivity index (χ4v) is 5.14. The number of benzene rings is 1. The summed E-state index contributed by atoms with van der Waals surface area (Å²) in [5.74, 6) is 8.78. The van der Waals surface area contributed by atoms with E-state index in [1.54, 1.807) is 0 Å². The second-order valence-corrected chi connectivity index (χ2v) is 7.74. The molecule has 0 amide bonds. The Labute approximate surface area is 135 Å². The number of nitrogens with one attached hydrogen (secondary N) is 1. The summed E-state index contributed by atoms with van der Waals surface area (Å²) < 4.78 is 6.11. The molecular weight excluding hydrogens is 304 g/mol. The van der Waals surface area contributed by atoms with E-state index < -0.39 is 0 Å². The Bertz CT molecular complexity index is 479. The normalized spacial score (nSPS) is 30.7. The zero-order valence-corrected chi connectivity index (χ0v) is 13.8. The van der Waals surface area contributed by atoms with Crippen molar-refractivity contribution in [1.29, 1.82) is 0 Å². The highest BCUT2D eigenvalue weighted by Gasteiger charge is 2.42. The van der Waals surface area contributed by atoms with Gasteiger partial charge in [0, 0.05) is 23.4 Å². The molecular formula is C16H23ClN2OS. The van der Waals surface area contributed by atoms with Gasteiger partial charge in [-0.2, -0.15) is 11.8 Å². The highest BCUT2D eigenvalue weighted by Crippen LogP contribution is 2.41. The van der Waals surface area contributed by atoms with Gasteiger partial charge in [-0.05, 0) is 55.1 Å². The highest BCUT2D eigenvalue weighted by atomic mass is 35.5. The van der Waals surface area contributed by atoms with E-state index in [4.69, 9.17) is 22.2 Å². The summed E-state index contributed by atoms with van der Waals surface area (Å²) in [5, 5.41) is 0.791. The van der Waals surface area contributed by atoms with Crippen molar-refractivity contribution < 1.29 is 4.74 Å². The van der Waals surface area contributed by atoms with E-state index in [-0.39, 0.29) is 11.6 Å². The number of hydrogen-bond donors (Lipinski definition) is 2. The molecule has 116 valence electrons. The lowest BCUT2D eigenvalue weighted by atomic mass is 9.79. The quantitative estimate of drug-likeness (QED) is 0.659. The molecule has 1 spiro atoms. The van der Waals surface area contributed by atoms with E-state index >= 15 is 0 Å². The molecule has 1 aromatic rings. The maximum Gasteiger partial charge on any atom is 0.0783 e. The molecule has 2 heterocycles. The van der Waals surface area contributed by atoms with Crippen molar-refractivity contribution in [2.75, 3.05) is 18.1 Å². The van der Waals surface area contributed by atoms with E-state index in [0.717, 1.165) is 36.6 Å². The number of ether oxygens (including phenoxy) is 1. The summed E-state index contributed by atoms with van der Waals surface area (Å²) in [6.07, 6.45) is 4.31. The Morgan fingerprint density at radius 1 is 1.52 bits per heavy atom. The number of nitrogens with two attached hydrogens (primary N) is 1. The van der Waals surface area contributed by atoms with Gasteiger partial charge in [0.15, 0.2) is 0 Å². The van der Waals surface area contributed by atoms with Crippen LogP contribution in [0.3, 0.4) is 0 Å². The summed E-state index contributed by atoms with van der Waals surface area (Å²) in [5.41, 5.74) is 4.39. The van der Waals surface area contributed by atoms with Crippen LogP contribution < -0.4 is 11.3 Å². The van der Waals surface area contributed by atoms with Crippen LogP contribution >= 0.6 is 23.4 Å². The fourth-order valence-electron chi connectivity index (χ4n) is 3.55. The van der Waals surface area contributed by atoms with Crippen LogP contribution in [-0.4, -0.2) is 29.8 Å². The molecule has 3 rings (SSSR count). The average Bonchev–Trinajstić information content (AvgIpc) is 2.92. The molecule has 3 N–H and O–H groups in total. The molecule has 1 aromatic carbocycles. The van der Waals surface area contributed by atoms with Crippen LogP contribution in [0.15, 0.2) is 24.3 Å². The van der Waals surface area contributed by atoms with Crippen molar-refractivity contribution in [1.82, 2.24) is 5.43 Å². The third kappa shape index (κ3) is 3.74. The molecule has 2 aliphatic heterocycles. The van der Waals surface area contributed by atoms with Crippen molar-refractivity contribution in [3.8, 4) is 0 Å². The van der Waals surface area contributed by atoms with Crippen molar-refractivity contribution in [3.63, 3.8) is 0 Å². The first-order valence-electron chi connectivity index (χ1n) is 7.63. The number of halogens is 1. The van der Waals surface area contributed by atoms with Crippen LogP contribution in [0, 0.1) is 5.92 Å². The maximum atomic E-state index is 6.11.